The number of rotatable bonds is 7. The van der Waals surface area contributed by atoms with Crippen LogP contribution in [0.3, 0.4) is 0 Å². The van der Waals surface area contributed by atoms with Crippen LogP contribution in [-0.2, 0) is 4.79 Å². The van der Waals surface area contributed by atoms with Crippen LogP contribution in [0.15, 0.2) is 12.1 Å². The van der Waals surface area contributed by atoms with E-state index in [2.05, 4.69) is 9.80 Å². The molecular formula is C21H33N3O2S. The number of nitrogens with zero attached hydrogens (tertiary/aromatic N) is 3. The minimum Gasteiger partial charge on any atom is -0.338 e. The largest absolute Gasteiger partial charge is 0.338 e. The fourth-order valence-corrected chi connectivity index (χ4v) is 5.00. The molecule has 5 nitrogen and oxygen atoms in total. The normalized spacial score (nSPS) is 20.6. The zero-order chi connectivity index (χ0) is 19.4. The van der Waals surface area contributed by atoms with Crippen molar-refractivity contribution in [1.29, 1.82) is 0 Å². The van der Waals surface area contributed by atoms with Crippen LogP contribution in [0.25, 0.3) is 0 Å². The Labute approximate surface area is 167 Å². The standard InChI is InChI=1S/C21H33N3O2S/c1-16(2)20(25)24(13-6-12-22-10-4-5-11-22)18-9-14-23(15-18)21(26)19-8-7-17(3)27-19/h7-8,16,18H,4-6,9-15H2,1-3H3. The van der Waals surface area contributed by atoms with Crippen LogP contribution in [0.4, 0.5) is 0 Å². The van der Waals surface area contributed by atoms with Crippen LogP contribution in [0.1, 0.15) is 54.1 Å². The summed E-state index contributed by atoms with van der Waals surface area (Å²) in [5, 5.41) is 0. The Bertz CT molecular complexity index is 652. The van der Waals surface area contributed by atoms with Gasteiger partial charge in [-0.25, -0.2) is 0 Å². The molecule has 1 atom stereocenters. The molecule has 0 aromatic carbocycles. The lowest BCUT2D eigenvalue weighted by Gasteiger charge is -2.31. The van der Waals surface area contributed by atoms with Crippen molar-refractivity contribution in [3.63, 3.8) is 0 Å². The minimum atomic E-state index is 0.00137. The van der Waals surface area contributed by atoms with Gasteiger partial charge in [-0.15, -0.1) is 11.3 Å². The van der Waals surface area contributed by atoms with E-state index in [9.17, 15) is 9.59 Å². The second-order valence-electron chi connectivity index (χ2n) is 8.19. The molecule has 2 saturated heterocycles. The summed E-state index contributed by atoms with van der Waals surface area (Å²) in [6.45, 7) is 11.7. The van der Waals surface area contributed by atoms with Gasteiger partial charge in [0, 0.05) is 30.4 Å². The summed E-state index contributed by atoms with van der Waals surface area (Å²) in [4.78, 5) is 34.0. The van der Waals surface area contributed by atoms with Gasteiger partial charge in [-0.1, -0.05) is 13.8 Å². The molecule has 150 valence electrons. The quantitative estimate of drug-likeness (QED) is 0.717. The molecule has 1 aromatic heterocycles. The van der Waals surface area contributed by atoms with E-state index < -0.39 is 0 Å². The van der Waals surface area contributed by atoms with E-state index >= 15 is 0 Å². The van der Waals surface area contributed by atoms with Gasteiger partial charge in [-0.3, -0.25) is 9.59 Å². The maximum Gasteiger partial charge on any atom is 0.263 e. The lowest BCUT2D eigenvalue weighted by atomic mass is 10.1. The van der Waals surface area contributed by atoms with E-state index in [1.807, 2.05) is 37.8 Å². The highest BCUT2D eigenvalue weighted by Crippen LogP contribution is 2.23. The number of likely N-dealkylation sites (tertiary alicyclic amines) is 2. The van der Waals surface area contributed by atoms with Gasteiger partial charge in [0.05, 0.1) is 10.9 Å². The van der Waals surface area contributed by atoms with Crippen molar-refractivity contribution in [3.05, 3.63) is 21.9 Å². The Morgan fingerprint density at radius 2 is 1.96 bits per heavy atom. The number of aryl methyl sites for hydroxylation is 1. The Morgan fingerprint density at radius 3 is 2.59 bits per heavy atom. The smallest absolute Gasteiger partial charge is 0.263 e. The second-order valence-corrected chi connectivity index (χ2v) is 9.48. The third-order valence-corrected chi connectivity index (χ3v) is 6.68. The maximum absolute atomic E-state index is 12.8. The molecule has 3 rings (SSSR count). The molecule has 1 aromatic rings. The molecule has 27 heavy (non-hydrogen) atoms. The average Bonchev–Trinajstić information content (AvgIpc) is 3.39. The molecule has 2 aliphatic rings. The predicted molar refractivity (Wildman–Crippen MR) is 110 cm³/mol. The van der Waals surface area contributed by atoms with E-state index in [4.69, 9.17) is 0 Å². The lowest BCUT2D eigenvalue weighted by molar-refractivity contribution is -0.136. The molecule has 0 radical (unpaired) electrons. The molecule has 0 aliphatic carbocycles. The van der Waals surface area contributed by atoms with Crippen LogP contribution in [0, 0.1) is 12.8 Å². The molecule has 3 heterocycles. The number of amides is 2. The third-order valence-electron chi connectivity index (χ3n) is 5.69. The van der Waals surface area contributed by atoms with Gasteiger partial charge in [0.2, 0.25) is 5.91 Å². The van der Waals surface area contributed by atoms with Gasteiger partial charge >= 0.3 is 0 Å². The van der Waals surface area contributed by atoms with Crippen molar-refractivity contribution >= 4 is 23.2 Å². The summed E-state index contributed by atoms with van der Waals surface area (Å²) in [6, 6.07) is 4.07. The highest BCUT2D eigenvalue weighted by atomic mass is 32.1. The minimum absolute atomic E-state index is 0.00137. The molecule has 0 N–H and O–H groups in total. The van der Waals surface area contributed by atoms with Crippen molar-refractivity contribution in [3.8, 4) is 0 Å². The Hall–Kier alpha value is -1.40. The fourth-order valence-electron chi connectivity index (χ4n) is 4.16. The number of carbonyl (C=O) groups is 2. The first-order valence-corrected chi connectivity index (χ1v) is 11.2. The first-order chi connectivity index (χ1) is 13.0. The number of hydrogen-bond acceptors (Lipinski definition) is 4. The predicted octanol–water partition coefficient (Wildman–Crippen LogP) is 3.24. The molecule has 2 fully saturated rings. The Morgan fingerprint density at radius 1 is 1.22 bits per heavy atom. The summed E-state index contributed by atoms with van der Waals surface area (Å²) in [7, 11) is 0. The van der Waals surface area contributed by atoms with Crippen molar-refractivity contribution in [2.24, 2.45) is 5.92 Å². The summed E-state index contributed by atoms with van der Waals surface area (Å²) in [6.07, 6.45) is 4.51. The summed E-state index contributed by atoms with van der Waals surface area (Å²) < 4.78 is 0. The highest BCUT2D eigenvalue weighted by molar-refractivity contribution is 7.13. The molecular weight excluding hydrogens is 358 g/mol. The van der Waals surface area contributed by atoms with Crippen molar-refractivity contribution < 1.29 is 9.59 Å². The van der Waals surface area contributed by atoms with Crippen LogP contribution < -0.4 is 0 Å². The number of carbonyl (C=O) groups excluding carboxylic acids is 2. The number of thiophene rings is 1. The Balaban J connectivity index is 1.58. The molecule has 2 amide bonds. The van der Waals surface area contributed by atoms with E-state index in [-0.39, 0.29) is 23.8 Å². The first-order valence-electron chi connectivity index (χ1n) is 10.3. The zero-order valence-electron chi connectivity index (χ0n) is 16.9. The summed E-state index contributed by atoms with van der Waals surface area (Å²) >= 11 is 1.55. The molecule has 2 aliphatic heterocycles. The monoisotopic (exact) mass is 391 g/mol. The maximum atomic E-state index is 12.8. The Kier molecular flexibility index (Phi) is 6.93. The van der Waals surface area contributed by atoms with Gasteiger partial charge in [-0.05, 0) is 64.4 Å². The van der Waals surface area contributed by atoms with Crippen LogP contribution in [0.5, 0.6) is 0 Å². The molecule has 1 unspecified atom stereocenters. The molecule has 0 saturated carbocycles. The fraction of sp³-hybridized carbons (Fsp3) is 0.714. The van der Waals surface area contributed by atoms with Crippen molar-refractivity contribution in [1.82, 2.24) is 14.7 Å². The van der Waals surface area contributed by atoms with Gasteiger partial charge in [0.25, 0.3) is 5.91 Å². The lowest BCUT2D eigenvalue weighted by Crippen LogP contribution is -2.45. The molecule has 0 bridgehead atoms. The first kappa shape index (κ1) is 20.3. The summed E-state index contributed by atoms with van der Waals surface area (Å²) in [5.74, 6) is 0.341. The third kappa shape index (κ3) is 5.11. The van der Waals surface area contributed by atoms with Gasteiger partial charge in [-0.2, -0.15) is 0 Å². The van der Waals surface area contributed by atoms with Crippen molar-refractivity contribution in [2.45, 2.75) is 52.5 Å². The number of hydrogen-bond donors (Lipinski definition) is 0. The SMILES string of the molecule is Cc1ccc(C(=O)N2CCC(N(CCCN3CCCC3)C(=O)C(C)C)C2)s1. The van der Waals surface area contributed by atoms with Crippen LogP contribution >= 0.6 is 11.3 Å². The van der Waals surface area contributed by atoms with Gasteiger partial charge < -0.3 is 14.7 Å². The van der Waals surface area contributed by atoms with E-state index in [1.165, 1.54) is 25.9 Å². The summed E-state index contributed by atoms with van der Waals surface area (Å²) in [5.41, 5.74) is 0. The van der Waals surface area contributed by atoms with E-state index in [0.29, 0.717) is 6.54 Å². The van der Waals surface area contributed by atoms with E-state index in [0.717, 1.165) is 42.2 Å². The molecule has 6 heteroatoms. The second kappa shape index (κ2) is 9.20. The molecule has 0 spiro atoms. The highest BCUT2D eigenvalue weighted by Gasteiger charge is 2.34. The average molecular weight is 392 g/mol. The topological polar surface area (TPSA) is 43.9 Å². The van der Waals surface area contributed by atoms with Crippen LogP contribution in [0.2, 0.25) is 0 Å². The van der Waals surface area contributed by atoms with Gasteiger partial charge in [0.1, 0.15) is 0 Å². The van der Waals surface area contributed by atoms with E-state index in [1.54, 1.807) is 11.3 Å². The van der Waals surface area contributed by atoms with Crippen molar-refractivity contribution in [2.75, 3.05) is 39.3 Å². The van der Waals surface area contributed by atoms with Crippen LogP contribution in [-0.4, -0.2) is 71.8 Å². The zero-order valence-corrected chi connectivity index (χ0v) is 17.8. The van der Waals surface area contributed by atoms with Gasteiger partial charge in [0.15, 0.2) is 0 Å².